The zero-order valence-electron chi connectivity index (χ0n) is 17.9. The van der Waals surface area contributed by atoms with E-state index < -0.39 is 0 Å². The van der Waals surface area contributed by atoms with E-state index in [-0.39, 0.29) is 5.91 Å². The van der Waals surface area contributed by atoms with Crippen molar-refractivity contribution in [2.45, 2.75) is 45.7 Å². The fourth-order valence-corrected chi connectivity index (χ4v) is 5.24. The number of fused-ring (bicyclic) bond motifs is 3. The van der Waals surface area contributed by atoms with Gasteiger partial charge in [0.05, 0.1) is 6.04 Å². The molecular formula is C25H33N3O. The Morgan fingerprint density at radius 2 is 1.52 bits per heavy atom. The van der Waals surface area contributed by atoms with E-state index >= 15 is 0 Å². The second-order valence-corrected chi connectivity index (χ2v) is 8.33. The number of hydrogen-bond donors (Lipinski definition) is 0. The maximum atomic E-state index is 12.7. The number of carbonyl (C=O) groups excluding carboxylic acids is 1. The van der Waals surface area contributed by atoms with Crippen LogP contribution >= 0.6 is 0 Å². The number of hydrogen-bond acceptors (Lipinski definition) is 3. The standard InChI is InChI=1S/C25H33N3O/c1-4-26(5-2)25(29)21-11-13-23(14-12-21)28(22-9-7-6-8-10-22)24-19(3)27-17-15-20(24)16-18-27/h6-14,19-20,24H,4-5,15-18H2,1-3H3. The van der Waals surface area contributed by atoms with Gasteiger partial charge in [-0.2, -0.15) is 0 Å². The van der Waals surface area contributed by atoms with Crippen LogP contribution in [0.4, 0.5) is 11.4 Å². The highest BCUT2D eigenvalue weighted by Crippen LogP contribution is 2.41. The molecule has 29 heavy (non-hydrogen) atoms. The van der Waals surface area contributed by atoms with Crippen LogP contribution in [0.3, 0.4) is 0 Å². The third-order valence-electron chi connectivity index (χ3n) is 6.90. The van der Waals surface area contributed by atoms with Crippen molar-refractivity contribution in [2.24, 2.45) is 5.92 Å². The number of piperidine rings is 3. The van der Waals surface area contributed by atoms with Crippen LogP contribution in [0, 0.1) is 5.92 Å². The smallest absolute Gasteiger partial charge is 0.253 e. The van der Waals surface area contributed by atoms with Crippen LogP contribution in [0.5, 0.6) is 0 Å². The predicted octanol–water partition coefficient (Wildman–Crippen LogP) is 4.79. The summed E-state index contributed by atoms with van der Waals surface area (Å²) in [5.74, 6) is 0.830. The fraction of sp³-hybridized carbons (Fsp3) is 0.480. The zero-order valence-corrected chi connectivity index (χ0v) is 17.9. The molecule has 2 bridgehead atoms. The molecule has 3 heterocycles. The highest BCUT2D eigenvalue weighted by molar-refractivity contribution is 5.94. The number of anilines is 2. The second-order valence-electron chi connectivity index (χ2n) is 8.33. The molecule has 4 heteroatoms. The minimum absolute atomic E-state index is 0.115. The van der Waals surface area contributed by atoms with Crippen molar-refractivity contribution in [1.82, 2.24) is 9.80 Å². The van der Waals surface area contributed by atoms with Crippen molar-refractivity contribution in [2.75, 3.05) is 31.1 Å². The highest BCUT2D eigenvalue weighted by atomic mass is 16.2. The summed E-state index contributed by atoms with van der Waals surface area (Å²) in [7, 11) is 0. The molecule has 0 radical (unpaired) electrons. The fourth-order valence-electron chi connectivity index (χ4n) is 5.24. The van der Waals surface area contributed by atoms with Crippen LogP contribution in [0.1, 0.15) is 44.0 Å². The van der Waals surface area contributed by atoms with Gasteiger partial charge in [-0.15, -0.1) is 0 Å². The van der Waals surface area contributed by atoms with Crippen LogP contribution < -0.4 is 4.90 Å². The molecule has 3 aliphatic rings. The summed E-state index contributed by atoms with van der Waals surface area (Å²) >= 11 is 0. The SMILES string of the molecule is CCN(CC)C(=O)c1ccc(N(c2ccccc2)C2C3CCN(CC3)C2C)cc1. The summed E-state index contributed by atoms with van der Waals surface area (Å²) in [6.45, 7) is 10.4. The van der Waals surface area contributed by atoms with Gasteiger partial charge in [0.2, 0.25) is 0 Å². The first-order valence-corrected chi connectivity index (χ1v) is 11.1. The van der Waals surface area contributed by atoms with Gasteiger partial charge in [0, 0.05) is 36.1 Å². The molecule has 0 N–H and O–H groups in total. The average Bonchev–Trinajstić information content (AvgIpc) is 2.78. The second kappa shape index (κ2) is 8.58. The molecule has 3 saturated heterocycles. The first-order chi connectivity index (χ1) is 14.1. The number of benzene rings is 2. The largest absolute Gasteiger partial charge is 0.339 e. The van der Waals surface area contributed by atoms with E-state index in [4.69, 9.17) is 0 Å². The van der Waals surface area contributed by atoms with Crippen molar-refractivity contribution in [3.8, 4) is 0 Å². The quantitative estimate of drug-likeness (QED) is 0.708. The Morgan fingerprint density at radius 1 is 0.931 bits per heavy atom. The van der Waals surface area contributed by atoms with E-state index in [1.165, 1.54) is 37.3 Å². The van der Waals surface area contributed by atoms with Gasteiger partial charge in [-0.3, -0.25) is 9.69 Å². The third-order valence-corrected chi connectivity index (χ3v) is 6.90. The Kier molecular flexibility index (Phi) is 5.91. The molecule has 2 unspecified atom stereocenters. The maximum absolute atomic E-state index is 12.7. The highest BCUT2D eigenvalue weighted by Gasteiger charge is 2.43. The minimum atomic E-state index is 0.115. The van der Waals surface area contributed by atoms with Gasteiger partial charge in [0.1, 0.15) is 0 Å². The average molecular weight is 392 g/mol. The third kappa shape index (κ3) is 3.78. The van der Waals surface area contributed by atoms with E-state index in [1.807, 2.05) is 30.9 Å². The topological polar surface area (TPSA) is 26.8 Å². The monoisotopic (exact) mass is 391 g/mol. The lowest BCUT2D eigenvalue weighted by atomic mass is 9.78. The van der Waals surface area contributed by atoms with Crippen LogP contribution in [0.25, 0.3) is 0 Å². The molecule has 4 nitrogen and oxygen atoms in total. The molecule has 0 spiro atoms. The Balaban J connectivity index is 1.68. The van der Waals surface area contributed by atoms with Gasteiger partial charge in [0.25, 0.3) is 5.91 Å². The van der Waals surface area contributed by atoms with Crippen molar-refractivity contribution in [3.05, 3.63) is 60.2 Å². The molecule has 2 aromatic carbocycles. The van der Waals surface area contributed by atoms with Gasteiger partial charge in [-0.05, 0) is 89.0 Å². The summed E-state index contributed by atoms with van der Waals surface area (Å²) in [5, 5.41) is 0. The lowest BCUT2D eigenvalue weighted by Gasteiger charge is -2.54. The van der Waals surface area contributed by atoms with Gasteiger partial charge in [0.15, 0.2) is 0 Å². The first kappa shape index (κ1) is 20.0. The number of amides is 1. The van der Waals surface area contributed by atoms with Crippen LogP contribution in [-0.4, -0.2) is 54.0 Å². The molecule has 0 aromatic heterocycles. The molecule has 3 fully saturated rings. The van der Waals surface area contributed by atoms with E-state index in [2.05, 4.69) is 59.2 Å². The molecule has 3 aliphatic heterocycles. The van der Waals surface area contributed by atoms with Crippen molar-refractivity contribution in [1.29, 1.82) is 0 Å². The minimum Gasteiger partial charge on any atom is -0.339 e. The first-order valence-electron chi connectivity index (χ1n) is 11.1. The van der Waals surface area contributed by atoms with Gasteiger partial charge in [-0.25, -0.2) is 0 Å². The molecular weight excluding hydrogens is 358 g/mol. The van der Waals surface area contributed by atoms with Crippen LogP contribution in [0.15, 0.2) is 54.6 Å². The van der Waals surface area contributed by atoms with Crippen molar-refractivity contribution in [3.63, 3.8) is 0 Å². The number of para-hydroxylation sites is 1. The van der Waals surface area contributed by atoms with Crippen molar-refractivity contribution >= 4 is 17.3 Å². The summed E-state index contributed by atoms with van der Waals surface area (Å²) in [4.78, 5) is 19.8. The molecule has 2 aromatic rings. The Bertz CT molecular complexity index is 806. The van der Waals surface area contributed by atoms with E-state index in [0.717, 1.165) is 18.7 Å². The van der Waals surface area contributed by atoms with Gasteiger partial charge < -0.3 is 9.80 Å². The summed E-state index contributed by atoms with van der Waals surface area (Å²) in [6.07, 6.45) is 2.55. The van der Waals surface area contributed by atoms with Crippen LogP contribution in [-0.2, 0) is 0 Å². The predicted molar refractivity (Wildman–Crippen MR) is 120 cm³/mol. The Labute approximate surface area is 175 Å². The van der Waals surface area contributed by atoms with E-state index in [0.29, 0.717) is 18.0 Å². The molecule has 1 amide bonds. The normalized spacial score (nSPS) is 25.6. The Hall–Kier alpha value is -2.33. The lowest BCUT2D eigenvalue weighted by molar-refractivity contribution is 0.0381. The number of rotatable bonds is 6. The molecule has 0 saturated carbocycles. The summed E-state index contributed by atoms with van der Waals surface area (Å²) in [5.41, 5.74) is 3.19. The van der Waals surface area contributed by atoms with E-state index in [9.17, 15) is 4.79 Å². The van der Waals surface area contributed by atoms with Crippen molar-refractivity contribution < 1.29 is 4.79 Å². The zero-order chi connectivity index (χ0) is 20.4. The van der Waals surface area contributed by atoms with Gasteiger partial charge >= 0.3 is 0 Å². The Morgan fingerprint density at radius 3 is 2.07 bits per heavy atom. The molecule has 2 atom stereocenters. The van der Waals surface area contributed by atoms with Crippen LogP contribution in [0.2, 0.25) is 0 Å². The van der Waals surface area contributed by atoms with Gasteiger partial charge in [-0.1, -0.05) is 18.2 Å². The maximum Gasteiger partial charge on any atom is 0.253 e. The summed E-state index contributed by atoms with van der Waals surface area (Å²) < 4.78 is 0. The molecule has 154 valence electrons. The van der Waals surface area contributed by atoms with E-state index in [1.54, 1.807) is 0 Å². The number of nitrogens with zero attached hydrogens (tertiary/aromatic N) is 3. The summed E-state index contributed by atoms with van der Waals surface area (Å²) in [6, 6.07) is 20.0. The molecule has 5 rings (SSSR count). The number of carbonyl (C=O) groups is 1. The lowest BCUT2D eigenvalue weighted by Crippen LogP contribution is -2.61. The molecule has 0 aliphatic carbocycles.